The molecule has 198 valence electrons. The zero-order valence-electron chi connectivity index (χ0n) is 21.8. The predicted molar refractivity (Wildman–Crippen MR) is 150 cm³/mol. The number of alkyl halides is 2. The Hall–Kier alpha value is -3.52. The van der Waals surface area contributed by atoms with Crippen LogP contribution in [0.25, 0.3) is 16.5 Å². The molecule has 1 saturated carbocycles. The minimum absolute atomic E-state index is 0.0393. The molecule has 1 aliphatic carbocycles. The Balaban J connectivity index is 1.39. The maximum absolute atomic E-state index is 14.5. The van der Waals surface area contributed by atoms with Gasteiger partial charge in [0.25, 0.3) is 12.0 Å². The number of fused-ring (bicyclic) bond motifs is 2. The van der Waals surface area contributed by atoms with Gasteiger partial charge in [0.05, 0.1) is 17.2 Å². The lowest BCUT2D eigenvalue weighted by Gasteiger charge is -2.53. The molecule has 0 unspecified atom stereocenters. The summed E-state index contributed by atoms with van der Waals surface area (Å²) in [7, 11) is 1.77. The number of nitrogens with one attached hydrogen (secondary N) is 1. The molecule has 2 aromatic carbocycles. The number of aromatic nitrogens is 1. The van der Waals surface area contributed by atoms with Crippen molar-refractivity contribution >= 4 is 34.1 Å². The summed E-state index contributed by atoms with van der Waals surface area (Å²) in [4.78, 5) is 19.3. The smallest absolute Gasteiger partial charge is 0.264 e. The number of hydrogen-bond acceptors (Lipinski definition) is 5. The van der Waals surface area contributed by atoms with Gasteiger partial charge in [0.15, 0.2) is 0 Å². The molecule has 2 aliphatic heterocycles. The van der Waals surface area contributed by atoms with E-state index in [0.29, 0.717) is 28.7 Å². The van der Waals surface area contributed by atoms with Crippen LogP contribution >= 0.6 is 0 Å². The summed E-state index contributed by atoms with van der Waals surface area (Å²) in [5, 5.41) is 4.25. The average Bonchev–Trinajstić information content (AvgIpc) is 2.86. The van der Waals surface area contributed by atoms with Crippen LogP contribution in [0.2, 0.25) is 0 Å². The fraction of sp³-hybridized carbons (Fsp3) is 0.400. The number of rotatable bonds is 5. The first-order valence-electron chi connectivity index (χ1n) is 13.3. The summed E-state index contributed by atoms with van der Waals surface area (Å²) in [5.41, 5.74) is 11.4. The van der Waals surface area contributed by atoms with Gasteiger partial charge in [-0.25, -0.2) is 8.78 Å². The second kappa shape index (κ2) is 9.34. The van der Waals surface area contributed by atoms with Crippen LogP contribution in [0, 0.1) is 12.3 Å². The predicted octanol–water partition coefficient (Wildman–Crippen LogP) is 4.99. The number of halogens is 2. The summed E-state index contributed by atoms with van der Waals surface area (Å²) in [6, 6.07) is 11.5. The molecule has 3 aromatic rings. The second-order valence-corrected chi connectivity index (χ2v) is 11.1. The van der Waals surface area contributed by atoms with Crippen LogP contribution in [0.15, 0.2) is 52.4 Å². The molecule has 8 heteroatoms. The summed E-state index contributed by atoms with van der Waals surface area (Å²) >= 11 is 0. The van der Waals surface area contributed by atoms with E-state index in [1.165, 1.54) is 6.20 Å². The number of allylic oxidation sites excluding steroid dienone is 1. The van der Waals surface area contributed by atoms with Gasteiger partial charge in [-0.1, -0.05) is 6.07 Å². The standard InChI is InChI=1S/C30H33F2N5O/c1-18-9-24-25(36(2)29(18)38)6-3-7-26(24)37-8-4-5-19-10-22(23(28(31)32)11-27(19)37)20(14-33)15-35-21-12-30(13-21)16-34-17-30/h3,6-7,9-11,14-15,21,28,34H,4-5,8,12-13,16-17,33H2,1-2H3/b20-14+,35-15?. The van der Waals surface area contributed by atoms with Crippen LogP contribution in [-0.4, -0.2) is 36.5 Å². The van der Waals surface area contributed by atoms with E-state index in [4.69, 9.17) is 10.7 Å². The van der Waals surface area contributed by atoms with Crippen molar-refractivity contribution < 1.29 is 8.78 Å². The van der Waals surface area contributed by atoms with E-state index in [2.05, 4.69) is 10.2 Å². The van der Waals surface area contributed by atoms with Gasteiger partial charge in [0.1, 0.15) is 0 Å². The Kier molecular flexibility index (Phi) is 6.10. The number of benzene rings is 2. The van der Waals surface area contributed by atoms with Crippen LogP contribution in [0.4, 0.5) is 20.2 Å². The van der Waals surface area contributed by atoms with Crippen molar-refractivity contribution in [3.8, 4) is 0 Å². The minimum atomic E-state index is -2.66. The third-order valence-corrected chi connectivity index (χ3v) is 8.57. The molecular formula is C30H33F2N5O. The van der Waals surface area contributed by atoms with Crippen LogP contribution in [-0.2, 0) is 13.5 Å². The first kappa shape index (κ1) is 24.8. The molecule has 0 atom stereocenters. The maximum atomic E-state index is 14.5. The number of aliphatic imine (C=N–C) groups is 1. The molecular weight excluding hydrogens is 484 g/mol. The highest BCUT2D eigenvalue weighted by atomic mass is 19.3. The summed E-state index contributed by atoms with van der Waals surface area (Å²) in [6.45, 7) is 4.60. The molecule has 3 heterocycles. The lowest BCUT2D eigenvalue weighted by Crippen LogP contribution is -2.61. The van der Waals surface area contributed by atoms with E-state index in [0.717, 1.165) is 66.6 Å². The zero-order chi connectivity index (χ0) is 26.6. The van der Waals surface area contributed by atoms with E-state index in [1.54, 1.807) is 30.8 Å². The Morgan fingerprint density at radius 1 is 1.21 bits per heavy atom. The van der Waals surface area contributed by atoms with E-state index < -0.39 is 6.43 Å². The third-order valence-electron chi connectivity index (χ3n) is 8.57. The Morgan fingerprint density at radius 3 is 2.68 bits per heavy atom. The number of nitrogens with two attached hydrogens (primary N) is 1. The molecule has 6 rings (SSSR count). The number of aryl methyl sites for hydroxylation is 3. The van der Waals surface area contributed by atoms with Crippen LogP contribution in [0.3, 0.4) is 0 Å². The molecule has 0 bridgehead atoms. The van der Waals surface area contributed by atoms with Gasteiger partial charge < -0.3 is 20.5 Å². The Morgan fingerprint density at radius 2 is 2.00 bits per heavy atom. The van der Waals surface area contributed by atoms with Crippen molar-refractivity contribution in [2.45, 2.75) is 45.1 Å². The summed E-state index contributed by atoms with van der Waals surface area (Å²) < 4.78 is 30.6. The highest BCUT2D eigenvalue weighted by Gasteiger charge is 2.48. The molecule has 0 radical (unpaired) electrons. The van der Waals surface area contributed by atoms with Crippen molar-refractivity contribution in [1.29, 1.82) is 0 Å². The van der Waals surface area contributed by atoms with Gasteiger partial charge >= 0.3 is 0 Å². The molecule has 3 aliphatic rings. The Bertz CT molecular complexity index is 1530. The number of pyridine rings is 1. The van der Waals surface area contributed by atoms with Crippen molar-refractivity contribution in [3.63, 3.8) is 0 Å². The first-order chi connectivity index (χ1) is 18.3. The zero-order valence-corrected chi connectivity index (χ0v) is 21.8. The summed E-state index contributed by atoms with van der Waals surface area (Å²) in [5.74, 6) is 0. The molecule has 6 nitrogen and oxygen atoms in total. The fourth-order valence-corrected chi connectivity index (χ4v) is 6.40. The molecule has 1 saturated heterocycles. The third kappa shape index (κ3) is 4.02. The fourth-order valence-electron chi connectivity index (χ4n) is 6.40. The van der Waals surface area contributed by atoms with Crippen molar-refractivity contribution in [2.24, 2.45) is 23.2 Å². The SMILES string of the molecule is Cc1cc2c(N3CCCc4cc(/C(C=NC5CC6(CNC6)C5)=C/N)c(C(F)F)cc43)cccc2n(C)c1=O. The van der Waals surface area contributed by atoms with E-state index in [-0.39, 0.29) is 17.2 Å². The normalized spacial score (nSPS) is 19.3. The molecule has 0 amide bonds. The minimum Gasteiger partial charge on any atom is -0.404 e. The molecule has 2 fully saturated rings. The van der Waals surface area contributed by atoms with Crippen LogP contribution in [0.1, 0.15) is 47.9 Å². The second-order valence-electron chi connectivity index (χ2n) is 11.1. The largest absolute Gasteiger partial charge is 0.404 e. The monoisotopic (exact) mass is 517 g/mol. The summed E-state index contributed by atoms with van der Waals surface area (Å²) in [6.07, 6.45) is 4.16. The number of nitrogens with zero attached hydrogens (tertiary/aromatic N) is 3. The van der Waals surface area contributed by atoms with E-state index in [1.807, 2.05) is 30.3 Å². The lowest BCUT2D eigenvalue weighted by atomic mass is 9.62. The molecule has 1 aromatic heterocycles. The van der Waals surface area contributed by atoms with Crippen LogP contribution < -0.4 is 21.5 Å². The van der Waals surface area contributed by atoms with Crippen LogP contribution in [0.5, 0.6) is 0 Å². The van der Waals surface area contributed by atoms with Gasteiger partial charge in [-0.05, 0) is 79.5 Å². The number of hydrogen-bond donors (Lipinski definition) is 2. The average molecular weight is 518 g/mol. The van der Waals surface area contributed by atoms with Crippen molar-refractivity contribution in [2.75, 3.05) is 24.5 Å². The van der Waals surface area contributed by atoms with Gasteiger partial charge in [-0.15, -0.1) is 0 Å². The van der Waals surface area contributed by atoms with E-state index in [9.17, 15) is 13.6 Å². The molecule has 38 heavy (non-hydrogen) atoms. The van der Waals surface area contributed by atoms with Gasteiger partial charge in [0.2, 0.25) is 0 Å². The van der Waals surface area contributed by atoms with Gasteiger partial charge in [-0.2, -0.15) is 0 Å². The first-order valence-corrected chi connectivity index (χ1v) is 13.3. The quantitative estimate of drug-likeness (QED) is 0.468. The van der Waals surface area contributed by atoms with Crippen molar-refractivity contribution in [3.05, 3.63) is 75.2 Å². The molecule has 3 N–H and O–H groups in total. The number of anilines is 2. The lowest BCUT2D eigenvalue weighted by molar-refractivity contribution is 0.0405. The van der Waals surface area contributed by atoms with Gasteiger partial charge in [-0.3, -0.25) is 9.79 Å². The highest BCUT2D eigenvalue weighted by molar-refractivity contribution is 6.10. The van der Waals surface area contributed by atoms with Crippen molar-refractivity contribution in [1.82, 2.24) is 9.88 Å². The topological polar surface area (TPSA) is 75.7 Å². The molecule has 1 spiro atoms. The maximum Gasteiger partial charge on any atom is 0.264 e. The Labute approximate surface area is 220 Å². The van der Waals surface area contributed by atoms with E-state index >= 15 is 0 Å². The highest BCUT2D eigenvalue weighted by Crippen LogP contribution is 2.46. The van der Waals surface area contributed by atoms with Gasteiger partial charge in [0, 0.05) is 66.9 Å².